The first kappa shape index (κ1) is 38.9. The van der Waals surface area contributed by atoms with E-state index in [2.05, 4.69) is 0 Å². The first-order valence-corrected chi connectivity index (χ1v) is 16.6. The number of aliphatic hydroxyl groups is 7. The largest absolute Gasteiger partial charge is 0.508 e. The van der Waals surface area contributed by atoms with Gasteiger partial charge in [-0.25, -0.2) is 4.79 Å². The molecular weight excluding hydrogens is 720 g/mol. The van der Waals surface area contributed by atoms with Crippen molar-refractivity contribution in [3.05, 3.63) is 83.4 Å². The molecule has 2 saturated heterocycles. The van der Waals surface area contributed by atoms with Gasteiger partial charge in [0, 0.05) is 18.2 Å². The number of phenols is 3. The normalized spacial score (nSPS) is 32.5. The number of carbonyl (C=O) groups is 2. The van der Waals surface area contributed by atoms with Crippen LogP contribution in [0.1, 0.15) is 27.6 Å². The Bertz CT molecular complexity index is 1810. The van der Waals surface area contributed by atoms with E-state index in [0.717, 1.165) is 18.2 Å². The maximum atomic E-state index is 14.1. The van der Waals surface area contributed by atoms with Gasteiger partial charge in [-0.1, -0.05) is 24.3 Å². The summed E-state index contributed by atoms with van der Waals surface area (Å²) in [5.74, 6) is -3.08. The predicted octanol–water partition coefficient (Wildman–Crippen LogP) is -1.25. The molecule has 0 unspecified atom stereocenters. The number of esters is 1. The third-order valence-corrected chi connectivity index (χ3v) is 9.05. The molecule has 6 rings (SSSR count). The fourth-order valence-corrected chi connectivity index (χ4v) is 6.08. The minimum atomic E-state index is -1.95. The number of fused-ring (bicyclic) bond motifs is 1. The van der Waals surface area contributed by atoms with E-state index in [4.69, 9.17) is 28.4 Å². The first-order chi connectivity index (χ1) is 25.7. The second kappa shape index (κ2) is 16.2. The molecule has 18 heteroatoms. The van der Waals surface area contributed by atoms with Crippen LogP contribution in [0, 0.1) is 0 Å². The Morgan fingerprint density at radius 2 is 1.33 bits per heavy atom. The third kappa shape index (κ3) is 8.12. The van der Waals surface area contributed by atoms with Crippen molar-refractivity contribution in [3.8, 4) is 28.7 Å². The van der Waals surface area contributed by atoms with Crippen LogP contribution in [0.5, 0.6) is 28.7 Å². The summed E-state index contributed by atoms with van der Waals surface area (Å²) in [5.41, 5.74) is 0.389. The fraction of sp³-hybridized carbons (Fsp3) is 0.389. The summed E-state index contributed by atoms with van der Waals surface area (Å²) in [6.07, 6.45) is -17.7. The standard InChI is InChI=1S/C36H38O18/c37-13-22-26(42)29(45)31(47)35(52-22)50-19-11-20(40)25-21(12-19)51-33(16-4-8-18(39)9-5-16)34(28(25)44)54-36-32(48)30(46)27(43)23(53-36)14-49-24(41)10-3-15-1-6-17(38)7-2-15/h1-12,22-23,26-27,29-40,42-43,45-48H,13-14H2/t22-,23-,26-,27+,29+,30-,31-,32+,33-,34-,35+,36-/m0/s1. The lowest BCUT2D eigenvalue weighted by atomic mass is 9.92. The number of hydrogen-bond donors (Lipinski definition) is 10. The lowest BCUT2D eigenvalue weighted by Gasteiger charge is -2.42. The summed E-state index contributed by atoms with van der Waals surface area (Å²) in [7, 11) is 0. The van der Waals surface area contributed by atoms with Crippen molar-refractivity contribution in [1.82, 2.24) is 0 Å². The molecule has 54 heavy (non-hydrogen) atoms. The van der Waals surface area contributed by atoms with Crippen LogP contribution >= 0.6 is 0 Å². The molecule has 18 nitrogen and oxygen atoms in total. The average molecular weight is 759 g/mol. The monoisotopic (exact) mass is 758 g/mol. The van der Waals surface area contributed by atoms with Gasteiger partial charge >= 0.3 is 5.97 Å². The highest BCUT2D eigenvalue weighted by Crippen LogP contribution is 2.44. The maximum absolute atomic E-state index is 14.1. The highest BCUT2D eigenvalue weighted by atomic mass is 16.7. The lowest BCUT2D eigenvalue weighted by Crippen LogP contribution is -2.60. The topological polar surface area (TPSA) is 292 Å². The predicted molar refractivity (Wildman–Crippen MR) is 178 cm³/mol. The van der Waals surface area contributed by atoms with Crippen LogP contribution < -0.4 is 9.47 Å². The summed E-state index contributed by atoms with van der Waals surface area (Å²) in [5, 5.41) is 103. The number of hydrogen-bond acceptors (Lipinski definition) is 18. The first-order valence-electron chi connectivity index (χ1n) is 16.6. The van der Waals surface area contributed by atoms with Gasteiger partial charge < -0.3 is 79.5 Å². The van der Waals surface area contributed by atoms with E-state index in [-0.39, 0.29) is 28.6 Å². The summed E-state index contributed by atoms with van der Waals surface area (Å²) in [6.45, 7) is -1.35. The molecule has 2 fully saturated rings. The maximum Gasteiger partial charge on any atom is 0.330 e. The quantitative estimate of drug-likeness (QED) is 0.0853. The van der Waals surface area contributed by atoms with Gasteiger partial charge in [0.1, 0.15) is 89.7 Å². The number of rotatable bonds is 10. The molecule has 290 valence electrons. The van der Waals surface area contributed by atoms with Crippen molar-refractivity contribution in [2.24, 2.45) is 0 Å². The Labute approximate surface area is 305 Å². The molecule has 0 saturated carbocycles. The molecule has 0 aromatic heterocycles. The van der Waals surface area contributed by atoms with Crippen LogP contribution in [-0.2, 0) is 23.7 Å². The van der Waals surface area contributed by atoms with Crippen molar-refractivity contribution < 1.29 is 89.1 Å². The smallest absolute Gasteiger partial charge is 0.330 e. The molecule has 12 atom stereocenters. The molecule has 3 aromatic carbocycles. The number of Topliss-reactive ketones (excluding diaryl/α,β-unsaturated/α-hetero) is 1. The Morgan fingerprint density at radius 1 is 0.741 bits per heavy atom. The Balaban J connectivity index is 1.22. The molecule has 0 radical (unpaired) electrons. The minimum absolute atomic E-state index is 0.0291. The number of aromatic hydroxyl groups is 3. The van der Waals surface area contributed by atoms with Gasteiger partial charge in [0.2, 0.25) is 12.1 Å². The molecule has 3 aliphatic heterocycles. The Kier molecular flexibility index (Phi) is 11.7. The van der Waals surface area contributed by atoms with Gasteiger partial charge in [0.15, 0.2) is 18.5 Å². The number of benzene rings is 3. The second-order valence-corrected chi connectivity index (χ2v) is 12.8. The third-order valence-electron chi connectivity index (χ3n) is 9.05. The molecule has 0 aliphatic carbocycles. The number of carbonyl (C=O) groups excluding carboxylic acids is 2. The van der Waals surface area contributed by atoms with E-state index in [1.54, 1.807) is 12.1 Å². The molecule has 10 N–H and O–H groups in total. The summed E-state index contributed by atoms with van der Waals surface area (Å²) < 4.78 is 33.9. The lowest BCUT2D eigenvalue weighted by molar-refractivity contribution is -0.312. The molecule has 0 spiro atoms. The van der Waals surface area contributed by atoms with Gasteiger partial charge in [0.05, 0.1) is 6.61 Å². The Hall–Kier alpha value is -4.86. The number of aliphatic hydroxyl groups excluding tert-OH is 7. The molecule has 0 bridgehead atoms. The SMILES string of the molecule is O=C(C=Cc1ccc(O)cc1)OC[C@@H]1O[C@@H](O[C@H]2C(=O)c3c(O)cc(O[C@@H]4O[C@@H](CO)[C@H](O)[C@@H](O)[C@@H]4O)cc3O[C@H]2c2ccc(O)cc2)[C@H](O)[C@@H](O)[C@@H]1O. The van der Waals surface area contributed by atoms with E-state index < -0.39 is 110 Å². The fourth-order valence-electron chi connectivity index (χ4n) is 6.08. The van der Waals surface area contributed by atoms with E-state index in [1.165, 1.54) is 42.5 Å². The van der Waals surface area contributed by atoms with Crippen LogP contribution in [0.15, 0.2) is 66.7 Å². The van der Waals surface area contributed by atoms with Gasteiger partial charge in [-0.05, 0) is 41.5 Å². The van der Waals surface area contributed by atoms with Crippen molar-refractivity contribution >= 4 is 17.8 Å². The zero-order chi connectivity index (χ0) is 38.8. The number of ether oxygens (including phenoxy) is 6. The van der Waals surface area contributed by atoms with E-state index in [1.807, 2.05) is 0 Å². The molecular formula is C36H38O18. The van der Waals surface area contributed by atoms with Crippen LogP contribution in [0.25, 0.3) is 6.08 Å². The van der Waals surface area contributed by atoms with Crippen LogP contribution in [0.3, 0.4) is 0 Å². The summed E-state index contributed by atoms with van der Waals surface area (Å²) >= 11 is 0. The minimum Gasteiger partial charge on any atom is -0.508 e. The van der Waals surface area contributed by atoms with E-state index >= 15 is 0 Å². The highest BCUT2D eigenvalue weighted by Gasteiger charge is 2.50. The van der Waals surface area contributed by atoms with Crippen molar-refractivity contribution in [1.29, 1.82) is 0 Å². The number of ketones is 1. The van der Waals surface area contributed by atoms with Crippen molar-refractivity contribution in [2.45, 2.75) is 73.6 Å². The van der Waals surface area contributed by atoms with Crippen LogP contribution in [0.4, 0.5) is 0 Å². The Morgan fingerprint density at radius 3 is 1.98 bits per heavy atom. The van der Waals surface area contributed by atoms with Crippen LogP contribution in [0.2, 0.25) is 0 Å². The average Bonchev–Trinajstić information content (AvgIpc) is 3.15. The van der Waals surface area contributed by atoms with Gasteiger partial charge in [0.25, 0.3) is 0 Å². The van der Waals surface area contributed by atoms with Gasteiger partial charge in [-0.2, -0.15) is 0 Å². The molecule has 3 heterocycles. The van der Waals surface area contributed by atoms with E-state index in [0.29, 0.717) is 5.56 Å². The molecule has 3 aliphatic rings. The van der Waals surface area contributed by atoms with Crippen LogP contribution in [-0.4, -0.2) is 144 Å². The summed E-state index contributed by atoms with van der Waals surface area (Å²) in [6, 6.07) is 13.4. The van der Waals surface area contributed by atoms with Gasteiger partial charge in [-0.3, -0.25) is 4.79 Å². The van der Waals surface area contributed by atoms with Crippen molar-refractivity contribution in [2.75, 3.05) is 13.2 Å². The zero-order valence-corrected chi connectivity index (χ0v) is 28.0. The number of phenolic OH excluding ortho intramolecular Hbond substituents is 3. The van der Waals surface area contributed by atoms with Gasteiger partial charge in [-0.15, -0.1) is 0 Å². The van der Waals surface area contributed by atoms with E-state index in [9.17, 15) is 60.7 Å². The molecule has 3 aromatic rings. The highest BCUT2D eigenvalue weighted by molar-refractivity contribution is 6.05. The van der Waals surface area contributed by atoms with Crippen molar-refractivity contribution in [3.63, 3.8) is 0 Å². The molecule has 0 amide bonds. The second-order valence-electron chi connectivity index (χ2n) is 12.8. The zero-order valence-electron chi connectivity index (χ0n) is 28.0. The summed E-state index contributed by atoms with van der Waals surface area (Å²) in [4.78, 5) is 26.5.